The zero-order valence-electron chi connectivity index (χ0n) is 16.3. The van der Waals surface area contributed by atoms with Gasteiger partial charge in [-0.15, -0.1) is 0 Å². The molecule has 0 aliphatic heterocycles. The SMILES string of the molecule is CCCOC(=O)c1ccc(NC(=O)CCCn2cnc3ccccc3c2=O)cc1. The van der Waals surface area contributed by atoms with Crippen LogP contribution in [-0.2, 0) is 16.1 Å². The summed E-state index contributed by atoms with van der Waals surface area (Å²) in [6.45, 7) is 2.72. The number of anilines is 1. The van der Waals surface area contributed by atoms with Crippen molar-refractivity contribution in [1.82, 2.24) is 9.55 Å². The summed E-state index contributed by atoms with van der Waals surface area (Å²) in [5.41, 5.74) is 1.60. The highest BCUT2D eigenvalue weighted by Crippen LogP contribution is 2.12. The van der Waals surface area contributed by atoms with E-state index in [9.17, 15) is 14.4 Å². The van der Waals surface area contributed by atoms with E-state index in [1.165, 1.54) is 10.9 Å². The molecule has 0 bridgehead atoms. The largest absolute Gasteiger partial charge is 0.462 e. The molecule has 2 aromatic carbocycles. The van der Waals surface area contributed by atoms with E-state index in [2.05, 4.69) is 10.3 Å². The average Bonchev–Trinajstić information content (AvgIpc) is 2.74. The number of aryl methyl sites for hydroxylation is 1. The molecule has 1 aromatic heterocycles. The Morgan fingerprint density at radius 3 is 2.62 bits per heavy atom. The molecule has 0 unspecified atom stereocenters. The van der Waals surface area contributed by atoms with E-state index in [0.29, 0.717) is 41.7 Å². The fourth-order valence-corrected chi connectivity index (χ4v) is 2.87. The molecule has 3 aromatic rings. The van der Waals surface area contributed by atoms with Crippen LogP contribution in [0.25, 0.3) is 10.9 Å². The number of carbonyl (C=O) groups is 2. The number of nitrogens with one attached hydrogen (secondary N) is 1. The third kappa shape index (κ3) is 5.28. The minimum Gasteiger partial charge on any atom is -0.462 e. The smallest absolute Gasteiger partial charge is 0.338 e. The molecule has 0 aliphatic carbocycles. The summed E-state index contributed by atoms with van der Waals surface area (Å²) in [6, 6.07) is 13.7. The fraction of sp³-hybridized carbons (Fsp3) is 0.273. The lowest BCUT2D eigenvalue weighted by molar-refractivity contribution is -0.116. The molecule has 1 amide bonds. The van der Waals surface area contributed by atoms with Gasteiger partial charge >= 0.3 is 5.97 Å². The van der Waals surface area contributed by atoms with Gasteiger partial charge in [-0.2, -0.15) is 0 Å². The molecule has 0 radical (unpaired) electrons. The van der Waals surface area contributed by atoms with Gasteiger partial charge in [0.2, 0.25) is 5.91 Å². The Labute approximate surface area is 168 Å². The molecule has 7 nitrogen and oxygen atoms in total. The van der Waals surface area contributed by atoms with Crippen molar-refractivity contribution in [3.63, 3.8) is 0 Å². The Kier molecular flexibility index (Phi) is 6.73. The van der Waals surface area contributed by atoms with Crippen molar-refractivity contribution in [2.24, 2.45) is 0 Å². The summed E-state index contributed by atoms with van der Waals surface area (Å²) in [6.07, 6.45) is 3.05. The minimum absolute atomic E-state index is 0.110. The molecule has 150 valence electrons. The number of aromatic nitrogens is 2. The van der Waals surface area contributed by atoms with Gasteiger partial charge in [0, 0.05) is 18.7 Å². The third-order valence-electron chi connectivity index (χ3n) is 4.38. The maximum Gasteiger partial charge on any atom is 0.338 e. The zero-order chi connectivity index (χ0) is 20.6. The molecule has 3 rings (SSSR count). The van der Waals surface area contributed by atoms with Crippen LogP contribution in [0.4, 0.5) is 5.69 Å². The molecular weight excluding hydrogens is 370 g/mol. The molecular formula is C22H23N3O4. The number of benzene rings is 2. The van der Waals surface area contributed by atoms with E-state index in [1.807, 2.05) is 13.0 Å². The summed E-state index contributed by atoms with van der Waals surface area (Å²) >= 11 is 0. The summed E-state index contributed by atoms with van der Waals surface area (Å²) in [4.78, 5) is 40.6. The van der Waals surface area contributed by atoms with Crippen molar-refractivity contribution in [3.05, 3.63) is 70.8 Å². The van der Waals surface area contributed by atoms with Crippen molar-refractivity contribution in [3.8, 4) is 0 Å². The Bertz CT molecular complexity index is 1060. The number of hydrogen-bond donors (Lipinski definition) is 1. The topological polar surface area (TPSA) is 90.3 Å². The van der Waals surface area contributed by atoms with E-state index < -0.39 is 0 Å². The van der Waals surface area contributed by atoms with Crippen LogP contribution in [0.1, 0.15) is 36.5 Å². The number of amides is 1. The molecule has 0 atom stereocenters. The number of hydrogen-bond acceptors (Lipinski definition) is 5. The van der Waals surface area contributed by atoms with Gasteiger partial charge in [0.1, 0.15) is 0 Å². The lowest BCUT2D eigenvalue weighted by Crippen LogP contribution is -2.21. The van der Waals surface area contributed by atoms with Gasteiger partial charge in [-0.3, -0.25) is 14.2 Å². The maximum absolute atomic E-state index is 12.4. The standard InChI is InChI=1S/C22H23N3O4/c1-2-14-29-22(28)16-9-11-17(12-10-16)24-20(26)8-5-13-25-15-23-19-7-4-3-6-18(19)21(25)27/h3-4,6-7,9-12,15H,2,5,8,13-14H2,1H3,(H,24,26). The average molecular weight is 393 g/mol. The number of nitrogens with zero attached hydrogens (tertiary/aromatic N) is 2. The van der Waals surface area contributed by atoms with Crippen LogP contribution in [0.3, 0.4) is 0 Å². The molecule has 0 saturated carbocycles. The van der Waals surface area contributed by atoms with Crippen LogP contribution >= 0.6 is 0 Å². The van der Waals surface area contributed by atoms with E-state index in [0.717, 1.165) is 6.42 Å². The first-order valence-electron chi connectivity index (χ1n) is 9.59. The number of fused-ring (bicyclic) bond motifs is 1. The van der Waals surface area contributed by atoms with Crippen molar-refractivity contribution < 1.29 is 14.3 Å². The molecule has 0 saturated heterocycles. The highest BCUT2D eigenvalue weighted by molar-refractivity contribution is 5.93. The predicted molar refractivity (Wildman–Crippen MR) is 111 cm³/mol. The lowest BCUT2D eigenvalue weighted by Gasteiger charge is -2.08. The van der Waals surface area contributed by atoms with Crippen LogP contribution in [0.15, 0.2) is 59.7 Å². The second-order valence-corrected chi connectivity index (χ2v) is 6.63. The summed E-state index contributed by atoms with van der Waals surface area (Å²) in [5.74, 6) is -0.535. The second kappa shape index (κ2) is 9.64. The summed E-state index contributed by atoms with van der Waals surface area (Å²) in [5, 5.41) is 3.35. The van der Waals surface area contributed by atoms with Gasteiger partial charge in [0.05, 0.1) is 29.4 Å². The van der Waals surface area contributed by atoms with E-state index in [-0.39, 0.29) is 23.9 Å². The van der Waals surface area contributed by atoms with Crippen LogP contribution < -0.4 is 10.9 Å². The van der Waals surface area contributed by atoms with Crippen LogP contribution in [0.2, 0.25) is 0 Å². The highest BCUT2D eigenvalue weighted by Gasteiger charge is 2.08. The lowest BCUT2D eigenvalue weighted by atomic mass is 10.2. The van der Waals surface area contributed by atoms with Gasteiger partial charge in [-0.25, -0.2) is 9.78 Å². The summed E-state index contributed by atoms with van der Waals surface area (Å²) in [7, 11) is 0. The number of esters is 1. The van der Waals surface area contributed by atoms with Crippen molar-refractivity contribution in [2.75, 3.05) is 11.9 Å². The van der Waals surface area contributed by atoms with Crippen molar-refractivity contribution in [1.29, 1.82) is 0 Å². The first-order chi connectivity index (χ1) is 14.1. The van der Waals surface area contributed by atoms with E-state index >= 15 is 0 Å². The van der Waals surface area contributed by atoms with Crippen LogP contribution in [0, 0.1) is 0 Å². The van der Waals surface area contributed by atoms with Gasteiger partial charge in [0.15, 0.2) is 0 Å². The maximum atomic E-state index is 12.4. The van der Waals surface area contributed by atoms with Crippen molar-refractivity contribution >= 4 is 28.5 Å². The van der Waals surface area contributed by atoms with Gasteiger partial charge in [0.25, 0.3) is 5.56 Å². The number of para-hydroxylation sites is 1. The van der Waals surface area contributed by atoms with Crippen LogP contribution in [-0.4, -0.2) is 28.0 Å². The molecule has 0 spiro atoms. The van der Waals surface area contributed by atoms with E-state index in [4.69, 9.17) is 4.74 Å². The summed E-state index contributed by atoms with van der Waals surface area (Å²) < 4.78 is 6.59. The Hall–Kier alpha value is -3.48. The fourth-order valence-electron chi connectivity index (χ4n) is 2.87. The minimum atomic E-state index is -0.376. The Morgan fingerprint density at radius 2 is 1.86 bits per heavy atom. The number of ether oxygens (including phenoxy) is 1. The van der Waals surface area contributed by atoms with Gasteiger partial charge in [-0.05, 0) is 49.2 Å². The van der Waals surface area contributed by atoms with Crippen molar-refractivity contribution in [2.45, 2.75) is 32.7 Å². The van der Waals surface area contributed by atoms with Gasteiger partial charge in [-0.1, -0.05) is 19.1 Å². The third-order valence-corrected chi connectivity index (χ3v) is 4.38. The molecule has 0 fully saturated rings. The van der Waals surface area contributed by atoms with Crippen LogP contribution in [0.5, 0.6) is 0 Å². The van der Waals surface area contributed by atoms with Gasteiger partial charge < -0.3 is 10.1 Å². The number of carbonyl (C=O) groups excluding carboxylic acids is 2. The molecule has 0 aliphatic rings. The second-order valence-electron chi connectivity index (χ2n) is 6.63. The Morgan fingerprint density at radius 1 is 1.10 bits per heavy atom. The van der Waals surface area contributed by atoms with E-state index in [1.54, 1.807) is 42.5 Å². The first kappa shape index (κ1) is 20.3. The normalized spacial score (nSPS) is 10.7. The monoisotopic (exact) mass is 393 g/mol. The highest BCUT2D eigenvalue weighted by atomic mass is 16.5. The first-order valence-corrected chi connectivity index (χ1v) is 9.59. The number of rotatable bonds is 8. The zero-order valence-corrected chi connectivity index (χ0v) is 16.3. The Balaban J connectivity index is 1.51. The predicted octanol–water partition coefficient (Wildman–Crippen LogP) is 3.38. The molecule has 1 heterocycles. The molecule has 29 heavy (non-hydrogen) atoms. The quantitative estimate of drug-likeness (QED) is 0.593. The molecule has 7 heteroatoms. The molecule has 1 N–H and O–H groups in total.